The Morgan fingerprint density at radius 2 is 2.18 bits per heavy atom. The Kier molecular flexibility index (Phi) is 3.78. The van der Waals surface area contributed by atoms with Crippen LogP contribution in [0.15, 0.2) is 47.4 Å². The summed E-state index contributed by atoms with van der Waals surface area (Å²) in [6.45, 7) is 1.05. The number of hydrogen-bond acceptors (Lipinski definition) is 7. The van der Waals surface area contributed by atoms with E-state index in [0.717, 1.165) is 16.7 Å². The van der Waals surface area contributed by atoms with E-state index in [0.29, 0.717) is 36.2 Å². The van der Waals surface area contributed by atoms with E-state index in [1.54, 1.807) is 30.6 Å². The fourth-order valence-electron chi connectivity index (χ4n) is 3.24. The maximum absolute atomic E-state index is 12.7. The molecule has 9 heteroatoms. The lowest BCUT2D eigenvalue weighted by Gasteiger charge is -2.36. The van der Waals surface area contributed by atoms with Crippen LogP contribution in [0.1, 0.15) is 22.3 Å². The predicted octanol–water partition coefficient (Wildman–Crippen LogP) is 2.26. The molecule has 1 aromatic carbocycles. The van der Waals surface area contributed by atoms with Crippen LogP contribution in [0, 0.1) is 0 Å². The number of amides is 1. The molecule has 0 atom stereocenters. The lowest BCUT2D eigenvalue weighted by Crippen LogP contribution is -2.48. The van der Waals surface area contributed by atoms with Crippen LogP contribution in [0.5, 0.6) is 5.75 Å². The number of methoxy groups -OCH3 is 1. The molecule has 9 nitrogen and oxygen atoms in total. The second-order valence-electron chi connectivity index (χ2n) is 6.59. The molecule has 1 saturated heterocycles. The summed E-state index contributed by atoms with van der Waals surface area (Å²) in [5, 5.41) is 4.92. The maximum atomic E-state index is 12.7. The summed E-state index contributed by atoms with van der Waals surface area (Å²) in [5.74, 6) is 1.61. The highest BCUT2D eigenvalue weighted by Crippen LogP contribution is 2.29. The van der Waals surface area contributed by atoms with Gasteiger partial charge in [-0.25, -0.2) is 4.98 Å². The first kappa shape index (κ1) is 16.4. The zero-order valence-electron chi connectivity index (χ0n) is 15.0. The number of nitrogens with one attached hydrogen (secondary N) is 1. The van der Waals surface area contributed by atoms with E-state index in [2.05, 4.69) is 25.1 Å². The molecule has 28 heavy (non-hydrogen) atoms. The summed E-state index contributed by atoms with van der Waals surface area (Å²) in [7, 11) is 1.61. The lowest BCUT2D eigenvalue weighted by molar-refractivity contribution is 0.0564. The zero-order chi connectivity index (χ0) is 19.1. The Bertz CT molecular complexity index is 1150. The fourth-order valence-corrected chi connectivity index (χ4v) is 3.24. The molecular weight excluding hydrogens is 360 g/mol. The van der Waals surface area contributed by atoms with Gasteiger partial charge >= 0.3 is 0 Å². The summed E-state index contributed by atoms with van der Waals surface area (Å²) in [4.78, 5) is 30.2. The highest BCUT2D eigenvalue weighted by Gasteiger charge is 2.36. The van der Waals surface area contributed by atoms with Crippen LogP contribution in [-0.4, -0.2) is 56.1 Å². The molecule has 0 radical (unpaired) electrons. The van der Waals surface area contributed by atoms with Gasteiger partial charge in [0.05, 0.1) is 19.2 Å². The van der Waals surface area contributed by atoms with Gasteiger partial charge in [-0.3, -0.25) is 9.78 Å². The number of ether oxygens (including phenoxy) is 1. The number of carbonyl (C=O) groups is 1. The van der Waals surface area contributed by atoms with E-state index in [1.165, 1.54) is 0 Å². The molecular formula is C19H16N6O3. The molecule has 1 fully saturated rings. The van der Waals surface area contributed by atoms with Crippen molar-refractivity contribution in [2.24, 2.45) is 0 Å². The number of fused-ring (bicyclic) bond motifs is 1. The monoisotopic (exact) mass is 376 g/mol. The van der Waals surface area contributed by atoms with Gasteiger partial charge in [-0.05, 0) is 18.2 Å². The summed E-state index contributed by atoms with van der Waals surface area (Å²) in [6, 6.07) is 7.52. The molecule has 0 aliphatic carbocycles. The van der Waals surface area contributed by atoms with Crippen LogP contribution >= 0.6 is 0 Å². The maximum Gasteiger partial charge on any atom is 0.270 e. The summed E-state index contributed by atoms with van der Waals surface area (Å²) >= 11 is 0. The Balaban J connectivity index is 1.28. The van der Waals surface area contributed by atoms with E-state index in [4.69, 9.17) is 9.26 Å². The normalized spacial score (nSPS) is 14.2. The van der Waals surface area contributed by atoms with Gasteiger partial charge in [0.15, 0.2) is 0 Å². The van der Waals surface area contributed by atoms with E-state index >= 15 is 0 Å². The standard InChI is InChI=1S/C19H16N6O3/c1-27-13-3-2-11-6-15(22-14(11)7-13)19(26)25-9-12(10-25)18-23-17(24-28-18)16-8-20-4-5-21-16/h2-8,12,22H,9-10H2,1H3. The fraction of sp³-hybridized carbons (Fsp3) is 0.211. The van der Waals surface area contributed by atoms with Gasteiger partial charge in [-0.1, -0.05) is 5.16 Å². The Hall–Kier alpha value is -3.75. The van der Waals surface area contributed by atoms with Crippen LogP contribution in [-0.2, 0) is 0 Å². The number of hydrogen-bond donors (Lipinski definition) is 1. The first-order chi connectivity index (χ1) is 13.7. The average molecular weight is 376 g/mol. The number of aromatic nitrogens is 5. The van der Waals surface area contributed by atoms with Crippen LogP contribution < -0.4 is 4.74 Å². The number of aromatic amines is 1. The van der Waals surface area contributed by atoms with E-state index in [-0.39, 0.29) is 11.8 Å². The zero-order valence-corrected chi connectivity index (χ0v) is 15.0. The van der Waals surface area contributed by atoms with Crippen molar-refractivity contribution in [1.82, 2.24) is 30.0 Å². The Labute approximate surface area is 159 Å². The topological polar surface area (TPSA) is 110 Å². The number of benzene rings is 1. The molecule has 1 aliphatic heterocycles. The van der Waals surface area contributed by atoms with Crippen molar-refractivity contribution in [3.05, 3.63) is 54.4 Å². The average Bonchev–Trinajstić information content (AvgIpc) is 3.34. The summed E-state index contributed by atoms with van der Waals surface area (Å²) in [6.07, 6.45) is 4.74. The van der Waals surface area contributed by atoms with Gasteiger partial charge in [0.25, 0.3) is 5.91 Å². The molecule has 4 aromatic rings. The summed E-state index contributed by atoms with van der Waals surface area (Å²) in [5.41, 5.74) is 1.97. The molecule has 1 N–H and O–H groups in total. The predicted molar refractivity (Wildman–Crippen MR) is 98.8 cm³/mol. The van der Waals surface area contributed by atoms with Gasteiger partial charge in [-0.2, -0.15) is 4.98 Å². The lowest BCUT2D eigenvalue weighted by atomic mass is 9.99. The van der Waals surface area contributed by atoms with Crippen molar-refractivity contribution in [2.75, 3.05) is 20.2 Å². The quantitative estimate of drug-likeness (QED) is 0.582. The van der Waals surface area contributed by atoms with E-state index < -0.39 is 0 Å². The third-order valence-electron chi connectivity index (χ3n) is 4.81. The highest BCUT2D eigenvalue weighted by molar-refractivity contribution is 5.98. The van der Waals surface area contributed by atoms with Crippen LogP contribution in [0.25, 0.3) is 22.4 Å². The number of likely N-dealkylation sites (tertiary alicyclic amines) is 1. The SMILES string of the molecule is COc1ccc2cc(C(=O)N3CC(c4nc(-c5cnccn5)no4)C3)[nH]c2c1. The first-order valence-corrected chi connectivity index (χ1v) is 8.77. The van der Waals surface area contributed by atoms with Gasteiger partial charge < -0.3 is 19.1 Å². The number of H-pyrrole nitrogens is 1. The number of nitrogens with zero attached hydrogens (tertiary/aromatic N) is 5. The first-order valence-electron chi connectivity index (χ1n) is 8.77. The molecule has 1 aliphatic rings. The highest BCUT2D eigenvalue weighted by atomic mass is 16.5. The molecule has 5 rings (SSSR count). The molecule has 1 amide bonds. The van der Waals surface area contributed by atoms with Crippen molar-refractivity contribution in [3.63, 3.8) is 0 Å². The van der Waals surface area contributed by atoms with Crippen molar-refractivity contribution in [3.8, 4) is 17.3 Å². The number of carbonyl (C=O) groups excluding carboxylic acids is 1. The van der Waals surface area contributed by atoms with Gasteiger partial charge in [-0.15, -0.1) is 0 Å². The van der Waals surface area contributed by atoms with Crippen molar-refractivity contribution in [1.29, 1.82) is 0 Å². The Morgan fingerprint density at radius 3 is 2.96 bits per heavy atom. The third-order valence-corrected chi connectivity index (χ3v) is 4.81. The van der Waals surface area contributed by atoms with Crippen LogP contribution in [0.4, 0.5) is 0 Å². The van der Waals surface area contributed by atoms with Gasteiger partial charge in [0, 0.05) is 42.5 Å². The van der Waals surface area contributed by atoms with Crippen molar-refractivity contribution in [2.45, 2.75) is 5.92 Å². The van der Waals surface area contributed by atoms with Crippen LogP contribution in [0.3, 0.4) is 0 Å². The molecule has 0 unspecified atom stereocenters. The van der Waals surface area contributed by atoms with E-state index in [9.17, 15) is 4.79 Å². The third kappa shape index (κ3) is 2.77. The molecule has 0 saturated carbocycles. The van der Waals surface area contributed by atoms with E-state index in [1.807, 2.05) is 24.3 Å². The molecule has 0 spiro atoms. The molecule has 140 valence electrons. The molecule has 3 aromatic heterocycles. The second kappa shape index (κ2) is 6.45. The van der Waals surface area contributed by atoms with Gasteiger partial charge in [0.1, 0.15) is 17.1 Å². The smallest absolute Gasteiger partial charge is 0.270 e. The minimum absolute atomic E-state index is 0.0198. The second-order valence-corrected chi connectivity index (χ2v) is 6.59. The van der Waals surface area contributed by atoms with Crippen molar-refractivity contribution >= 4 is 16.8 Å². The largest absolute Gasteiger partial charge is 0.497 e. The Morgan fingerprint density at radius 1 is 1.29 bits per heavy atom. The summed E-state index contributed by atoms with van der Waals surface area (Å²) < 4.78 is 10.6. The van der Waals surface area contributed by atoms with Crippen LogP contribution in [0.2, 0.25) is 0 Å². The molecule has 4 heterocycles. The molecule has 0 bridgehead atoms. The minimum Gasteiger partial charge on any atom is -0.497 e. The number of rotatable bonds is 4. The van der Waals surface area contributed by atoms with Gasteiger partial charge in [0.2, 0.25) is 11.7 Å². The minimum atomic E-state index is -0.0555. The van der Waals surface area contributed by atoms with Crippen molar-refractivity contribution < 1.29 is 14.1 Å².